The molecule has 0 aromatic carbocycles. The molecule has 0 atom stereocenters. The van der Waals surface area contributed by atoms with Crippen LogP contribution in [0, 0.1) is 11.8 Å². The van der Waals surface area contributed by atoms with E-state index < -0.39 is 13.0 Å². The van der Waals surface area contributed by atoms with Crippen molar-refractivity contribution in [1.82, 2.24) is 0 Å². The number of halogens is 2. The van der Waals surface area contributed by atoms with Crippen LogP contribution in [0.25, 0.3) is 0 Å². The summed E-state index contributed by atoms with van der Waals surface area (Å²) in [7, 11) is 0. The van der Waals surface area contributed by atoms with Gasteiger partial charge in [0.25, 0.3) is 6.43 Å². The zero-order chi connectivity index (χ0) is 5.70. The predicted octanol–water partition coefficient (Wildman–Crippen LogP) is 0.685. The van der Waals surface area contributed by atoms with Crippen molar-refractivity contribution >= 4 is 0 Å². The third-order valence-electron chi connectivity index (χ3n) is 0.283. The number of hydrogen-bond donors (Lipinski definition) is 0. The molecule has 0 rings (SSSR count). The fraction of sp³-hybridized carbons (Fsp3) is 0.500. The molecule has 0 spiro atoms. The van der Waals surface area contributed by atoms with E-state index in [9.17, 15) is 13.9 Å². The fourth-order valence-corrected chi connectivity index (χ4v) is 0.119. The van der Waals surface area contributed by atoms with Crippen LogP contribution in [-0.4, -0.2) is 13.0 Å². The number of rotatable bonds is 0. The Balaban J connectivity index is 3.24. The Morgan fingerprint density at radius 1 is 1.57 bits per heavy atom. The van der Waals surface area contributed by atoms with E-state index >= 15 is 0 Å². The largest absolute Gasteiger partial charge is 0.298 e. The lowest BCUT2D eigenvalue weighted by molar-refractivity contribution is 0.212. The molecule has 0 bridgehead atoms. The summed E-state index contributed by atoms with van der Waals surface area (Å²) in [5.41, 5.74) is 0. The van der Waals surface area contributed by atoms with Gasteiger partial charge in [0.15, 0.2) is 0 Å². The highest BCUT2D eigenvalue weighted by atomic mass is 19.3. The average Bonchev–Trinajstić information content (AvgIpc) is 1.61. The normalized spacial score (nSPS) is 8.00. The minimum atomic E-state index is -2.66. The summed E-state index contributed by atoms with van der Waals surface area (Å²) in [6, 6.07) is 0. The predicted molar refractivity (Wildman–Crippen MR) is 19.3 cm³/mol. The summed E-state index contributed by atoms with van der Waals surface area (Å²) in [6.45, 7) is -0.746. The Hall–Kier alpha value is -0.620. The second-order valence-electron chi connectivity index (χ2n) is 0.766. The van der Waals surface area contributed by atoms with Gasteiger partial charge < -0.3 is 0 Å². The first-order chi connectivity index (χ1) is 3.27. The Morgan fingerprint density at radius 3 is 2.29 bits per heavy atom. The van der Waals surface area contributed by atoms with Crippen molar-refractivity contribution in [3.63, 3.8) is 0 Å². The Bertz CT molecular complexity index is 89.6. The molecule has 39 valence electrons. The van der Waals surface area contributed by atoms with E-state index in [0.717, 1.165) is 0 Å². The molecule has 0 amide bonds. The molecule has 0 heterocycles. The second-order valence-corrected chi connectivity index (χ2v) is 0.766. The fourth-order valence-electron chi connectivity index (χ4n) is 0.119. The van der Waals surface area contributed by atoms with Crippen molar-refractivity contribution in [2.24, 2.45) is 0 Å². The number of alkyl halides is 2. The van der Waals surface area contributed by atoms with Gasteiger partial charge in [-0.3, -0.25) is 0 Å². The van der Waals surface area contributed by atoms with Crippen molar-refractivity contribution in [2.45, 2.75) is 6.43 Å². The topological polar surface area (TPSA) is 19.9 Å². The van der Waals surface area contributed by atoms with Gasteiger partial charge in [-0.25, -0.2) is 5.11 Å². The molecule has 0 aliphatic carbocycles. The first kappa shape index (κ1) is 6.38. The van der Waals surface area contributed by atoms with Crippen LogP contribution in [0.3, 0.4) is 0 Å². The van der Waals surface area contributed by atoms with Crippen LogP contribution in [0.15, 0.2) is 0 Å². The third-order valence-corrected chi connectivity index (χ3v) is 0.283. The smallest absolute Gasteiger partial charge is 0.223 e. The van der Waals surface area contributed by atoms with Gasteiger partial charge in [0, 0.05) is 0 Å². The highest BCUT2D eigenvalue weighted by molar-refractivity contribution is 5.00. The molecule has 7 heavy (non-hydrogen) atoms. The molecule has 0 aromatic heterocycles. The summed E-state index contributed by atoms with van der Waals surface area (Å²) in [5.74, 6) is 3.09. The molecule has 0 fully saturated rings. The Labute approximate surface area is 40.0 Å². The van der Waals surface area contributed by atoms with Gasteiger partial charge in [-0.2, -0.15) is 8.78 Å². The average molecular weight is 105 g/mol. The van der Waals surface area contributed by atoms with Gasteiger partial charge in [-0.15, -0.1) is 0 Å². The van der Waals surface area contributed by atoms with Gasteiger partial charge in [0.05, 0.1) is 0 Å². The van der Waals surface area contributed by atoms with Crippen LogP contribution < -0.4 is 0 Å². The molecule has 1 radical (unpaired) electrons. The molecule has 0 aliphatic heterocycles. The first-order valence-electron chi connectivity index (χ1n) is 1.62. The molecule has 0 aliphatic rings. The standard InChI is InChI=1S/C4H3F2O/c5-4(6)2-1-3-7/h4H,3H2. The van der Waals surface area contributed by atoms with Crippen LogP contribution in [0.5, 0.6) is 0 Å². The van der Waals surface area contributed by atoms with Gasteiger partial charge >= 0.3 is 0 Å². The van der Waals surface area contributed by atoms with Gasteiger partial charge in [-0.05, 0) is 5.92 Å². The Kier molecular flexibility index (Phi) is 3.25. The maximum Gasteiger partial charge on any atom is 0.298 e. The van der Waals surface area contributed by atoms with Crippen molar-refractivity contribution < 1.29 is 13.9 Å². The highest BCUT2D eigenvalue weighted by Crippen LogP contribution is 1.84. The van der Waals surface area contributed by atoms with E-state index in [1.54, 1.807) is 5.92 Å². The lowest BCUT2D eigenvalue weighted by atomic mass is 10.6. The molecule has 0 N–H and O–H groups in total. The van der Waals surface area contributed by atoms with Gasteiger partial charge in [0.1, 0.15) is 6.61 Å². The molecule has 3 heteroatoms. The SMILES string of the molecule is [O]CC#CC(F)F. The van der Waals surface area contributed by atoms with E-state index in [1.165, 1.54) is 5.92 Å². The van der Waals surface area contributed by atoms with Gasteiger partial charge in [-0.1, -0.05) is 5.92 Å². The lowest BCUT2D eigenvalue weighted by Gasteiger charge is -1.74. The van der Waals surface area contributed by atoms with Crippen LogP contribution in [0.1, 0.15) is 0 Å². The van der Waals surface area contributed by atoms with Crippen molar-refractivity contribution in [2.75, 3.05) is 6.61 Å². The van der Waals surface area contributed by atoms with E-state index in [1.807, 2.05) is 0 Å². The molecule has 0 aromatic rings. The van der Waals surface area contributed by atoms with Crippen LogP contribution in [-0.2, 0) is 5.11 Å². The maximum absolute atomic E-state index is 10.9. The van der Waals surface area contributed by atoms with Crippen molar-refractivity contribution in [3.05, 3.63) is 0 Å². The lowest BCUT2D eigenvalue weighted by Crippen LogP contribution is -1.81. The number of hydrogen-bond acceptors (Lipinski definition) is 0. The molecule has 0 unspecified atom stereocenters. The van der Waals surface area contributed by atoms with Crippen LogP contribution >= 0.6 is 0 Å². The summed E-state index contributed by atoms with van der Waals surface area (Å²) >= 11 is 0. The first-order valence-corrected chi connectivity index (χ1v) is 1.62. The van der Waals surface area contributed by atoms with E-state index in [-0.39, 0.29) is 0 Å². The van der Waals surface area contributed by atoms with Crippen LogP contribution in [0.2, 0.25) is 0 Å². The maximum atomic E-state index is 10.9. The summed E-state index contributed by atoms with van der Waals surface area (Å²) in [6.07, 6.45) is -2.66. The van der Waals surface area contributed by atoms with Crippen molar-refractivity contribution in [3.8, 4) is 11.8 Å². The van der Waals surface area contributed by atoms with E-state index in [0.29, 0.717) is 0 Å². The highest BCUT2D eigenvalue weighted by Gasteiger charge is 1.88. The minimum absolute atomic E-state index is 0.746. The molecular formula is C4H3F2O. The van der Waals surface area contributed by atoms with Crippen LogP contribution in [0.4, 0.5) is 8.78 Å². The van der Waals surface area contributed by atoms with Crippen molar-refractivity contribution in [1.29, 1.82) is 0 Å². The zero-order valence-electron chi connectivity index (χ0n) is 3.45. The van der Waals surface area contributed by atoms with E-state index in [2.05, 4.69) is 0 Å². The van der Waals surface area contributed by atoms with E-state index in [4.69, 9.17) is 0 Å². The molecule has 1 nitrogen and oxygen atoms in total. The Morgan fingerprint density at radius 2 is 2.14 bits per heavy atom. The summed E-state index contributed by atoms with van der Waals surface area (Å²) in [5, 5.41) is 9.33. The van der Waals surface area contributed by atoms with Gasteiger partial charge in [0.2, 0.25) is 0 Å². The zero-order valence-corrected chi connectivity index (χ0v) is 3.45. The monoisotopic (exact) mass is 105 g/mol. The summed E-state index contributed by atoms with van der Waals surface area (Å²) < 4.78 is 21.8. The second kappa shape index (κ2) is 3.57. The minimum Gasteiger partial charge on any atom is -0.223 e. The molecular weight excluding hydrogens is 102 g/mol. The third kappa shape index (κ3) is 5.38. The molecule has 0 saturated heterocycles. The molecule has 0 saturated carbocycles. The summed E-state index contributed by atoms with van der Waals surface area (Å²) in [4.78, 5) is 0. The quantitative estimate of drug-likeness (QED) is 0.404.